The van der Waals surface area contributed by atoms with Crippen LogP contribution in [0.5, 0.6) is 0 Å². The Hall–Kier alpha value is -1.61. The van der Waals surface area contributed by atoms with Crippen LogP contribution >= 0.6 is 0 Å². The van der Waals surface area contributed by atoms with Gasteiger partial charge in [-0.3, -0.25) is 4.68 Å². The number of rotatable bonds is 5. The van der Waals surface area contributed by atoms with Gasteiger partial charge in [0.1, 0.15) is 0 Å². The summed E-state index contributed by atoms with van der Waals surface area (Å²) in [6.45, 7) is 7.07. The molecule has 0 spiro atoms. The number of aryl methyl sites for hydroxylation is 1. The fourth-order valence-electron chi connectivity index (χ4n) is 1.77. The molecule has 0 aliphatic carbocycles. The molecule has 1 aromatic heterocycles. The zero-order valence-corrected chi connectivity index (χ0v) is 10.5. The van der Waals surface area contributed by atoms with E-state index >= 15 is 0 Å². The predicted octanol–water partition coefficient (Wildman–Crippen LogP) is 2.68. The molecule has 17 heavy (non-hydrogen) atoms. The lowest BCUT2D eigenvalue weighted by Crippen LogP contribution is -2.11. The molecule has 0 saturated carbocycles. The summed E-state index contributed by atoms with van der Waals surface area (Å²) >= 11 is 0. The van der Waals surface area contributed by atoms with E-state index in [1.54, 1.807) is 0 Å². The lowest BCUT2D eigenvalue weighted by atomic mass is 10.1. The number of nitrogens with one attached hydrogen (secondary N) is 1. The van der Waals surface area contributed by atoms with Crippen molar-refractivity contribution in [3.8, 4) is 11.1 Å². The summed E-state index contributed by atoms with van der Waals surface area (Å²) in [5.74, 6) is 0. The van der Waals surface area contributed by atoms with E-state index in [0.717, 1.165) is 19.6 Å². The monoisotopic (exact) mass is 229 g/mol. The van der Waals surface area contributed by atoms with Crippen LogP contribution in [-0.2, 0) is 13.1 Å². The highest BCUT2D eigenvalue weighted by molar-refractivity contribution is 5.61. The van der Waals surface area contributed by atoms with Gasteiger partial charge in [-0.1, -0.05) is 31.2 Å². The third kappa shape index (κ3) is 2.94. The zero-order chi connectivity index (χ0) is 12.1. The number of aromatic nitrogens is 2. The molecule has 90 valence electrons. The van der Waals surface area contributed by atoms with Crippen LogP contribution in [0.15, 0.2) is 36.7 Å². The Morgan fingerprint density at radius 2 is 1.88 bits per heavy atom. The van der Waals surface area contributed by atoms with E-state index in [0.29, 0.717) is 0 Å². The van der Waals surface area contributed by atoms with Crippen molar-refractivity contribution in [2.75, 3.05) is 6.54 Å². The first kappa shape index (κ1) is 11.9. The summed E-state index contributed by atoms with van der Waals surface area (Å²) in [5.41, 5.74) is 3.73. The molecule has 2 rings (SSSR count). The second-order valence-electron chi connectivity index (χ2n) is 4.06. The van der Waals surface area contributed by atoms with Gasteiger partial charge in [0.15, 0.2) is 0 Å². The normalized spacial score (nSPS) is 10.7. The van der Waals surface area contributed by atoms with Crippen LogP contribution < -0.4 is 5.32 Å². The minimum atomic E-state index is 0.915. The summed E-state index contributed by atoms with van der Waals surface area (Å²) < 4.78 is 1.95. The summed E-state index contributed by atoms with van der Waals surface area (Å²) in [6, 6.07) is 8.65. The molecule has 0 fully saturated rings. The summed E-state index contributed by atoms with van der Waals surface area (Å²) in [5, 5.41) is 7.61. The van der Waals surface area contributed by atoms with Gasteiger partial charge < -0.3 is 5.32 Å². The average molecular weight is 229 g/mol. The van der Waals surface area contributed by atoms with Crippen molar-refractivity contribution in [2.45, 2.75) is 26.9 Å². The zero-order valence-electron chi connectivity index (χ0n) is 10.5. The van der Waals surface area contributed by atoms with Crippen molar-refractivity contribution in [3.63, 3.8) is 0 Å². The first-order valence-electron chi connectivity index (χ1n) is 6.16. The molecular weight excluding hydrogens is 210 g/mol. The minimum absolute atomic E-state index is 0.915. The van der Waals surface area contributed by atoms with E-state index in [4.69, 9.17) is 0 Å². The van der Waals surface area contributed by atoms with Crippen LogP contribution in [0.1, 0.15) is 19.4 Å². The Labute approximate surface area is 102 Å². The van der Waals surface area contributed by atoms with Crippen molar-refractivity contribution in [3.05, 3.63) is 42.2 Å². The third-order valence-electron chi connectivity index (χ3n) is 2.82. The standard InChI is InChI=1S/C14H19N3/c1-3-15-9-12-5-7-13(8-6-12)14-10-16-17(4-2)11-14/h5-8,10-11,15H,3-4,9H2,1-2H3. The van der Waals surface area contributed by atoms with Gasteiger partial charge in [-0.2, -0.15) is 5.10 Å². The van der Waals surface area contributed by atoms with Crippen molar-refractivity contribution in [2.24, 2.45) is 0 Å². The lowest BCUT2D eigenvalue weighted by molar-refractivity contribution is 0.660. The van der Waals surface area contributed by atoms with E-state index in [2.05, 4.69) is 54.7 Å². The average Bonchev–Trinajstić information content (AvgIpc) is 2.86. The summed E-state index contributed by atoms with van der Waals surface area (Å²) in [6.07, 6.45) is 4.00. The van der Waals surface area contributed by atoms with Crippen LogP contribution in [0.4, 0.5) is 0 Å². The molecule has 0 amide bonds. The second kappa shape index (κ2) is 5.64. The maximum Gasteiger partial charge on any atom is 0.0568 e. The number of nitrogens with zero attached hydrogens (tertiary/aromatic N) is 2. The topological polar surface area (TPSA) is 29.9 Å². The molecule has 0 saturated heterocycles. The lowest BCUT2D eigenvalue weighted by Gasteiger charge is -2.03. The van der Waals surface area contributed by atoms with Gasteiger partial charge in [0.05, 0.1) is 6.20 Å². The van der Waals surface area contributed by atoms with Gasteiger partial charge in [-0.25, -0.2) is 0 Å². The highest BCUT2D eigenvalue weighted by Gasteiger charge is 2.00. The van der Waals surface area contributed by atoms with Crippen molar-refractivity contribution >= 4 is 0 Å². The first-order chi connectivity index (χ1) is 8.33. The molecule has 3 nitrogen and oxygen atoms in total. The van der Waals surface area contributed by atoms with Crippen LogP contribution in [-0.4, -0.2) is 16.3 Å². The number of benzene rings is 1. The third-order valence-corrected chi connectivity index (χ3v) is 2.82. The second-order valence-corrected chi connectivity index (χ2v) is 4.06. The van der Waals surface area contributed by atoms with Crippen molar-refractivity contribution < 1.29 is 0 Å². The highest BCUT2D eigenvalue weighted by atomic mass is 15.3. The highest BCUT2D eigenvalue weighted by Crippen LogP contribution is 2.18. The molecule has 1 heterocycles. The minimum Gasteiger partial charge on any atom is -0.313 e. The fourth-order valence-corrected chi connectivity index (χ4v) is 1.77. The molecule has 0 aliphatic heterocycles. The molecule has 0 bridgehead atoms. The van der Waals surface area contributed by atoms with Crippen molar-refractivity contribution in [1.29, 1.82) is 0 Å². The van der Waals surface area contributed by atoms with Crippen LogP contribution in [0.25, 0.3) is 11.1 Å². The van der Waals surface area contributed by atoms with E-state index in [1.807, 2.05) is 10.9 Å². The Kier molecular flexibility index (Phi) is 3.94. The largest absolute Gasteiger partial charge is 0.313 e. The summed E-state index contributed by atoms with van der Waals surface area (Å²) in [4.78, 5) is 0. The SMILES string of the molecule is CCNCc1ccc(-c2cnn(CC)c2)cc1. The molecule has 2 aromatic rings. The van der Waals surface area contributed by atoms with Gasteiger partial charge >= 0.3 is 0 Å². The molecule has 1 aromatic carbocycles. The van der Waals surface area contributed by atoms with E-state index in [9.17, 15) is 0 Å². The molecule has 0 radical (unpaired) electrons. The Bertz CT molecular complexity index is 457. The molecule has 0 atom stereocenters. The van der Waals surface area contributed by atoms with Gasteiger partial charge in [-0.15, -0.1) is 0 Å². The van der Waals surface area contributed by atoms with E-state index in [-0.39, 0.29) is 0 Å². The Balaban J connectivity index is 2.11. The predicted molar refractivity (Wildman–Crippen MR) is 70.7 cm³/mol. The Morgan fingerprint density at radius 1 is 1.12 bits per heavy atom. The number of hydrogen-bond donors (Lipinski definition) is 1. The molecule has 1 N–H and O–H groups in total. The van der Waals surface area contributed by atoms with Gasteiger partial charge in [0.2, 0.25) is 0 Å². The van der Waals surface area contributed by atoms with Gasteiger partial charge in [-0.05, 0) is 24.6 Å². The maximum atomic E-state index is 4.29. The van der Waals surface area contributed by atoms with Crippen LogP contribution in [0.2, 0.25) is 0 Å². The smallest absolute Gasteiger partial charge is 0.0568 e. The molecule has 3 heteroatoms. The fraction of sp³-hybridized carbons (Fsp3) is 0.357. The Morgan fingerprint density at radius 3 is 2.47 bits per heavy atom. The maximum absolute atomic E-state index is 4.29. The molecule has 0 aliphatic rings. The quantitative estimate of drug-likeness (QED) is 0.854. The van der Waals surface area contributed by atoms with Crippen molar-refractivity contribution in [1.82, 2.24) is 15.1 Å². The molecular formula is C14H19N3. The van der Waals surface area contributed by atoms with E-state index in [1.165, 1.54) is 16.7 Å². The van der Waals surface area contributed by atoms with Gasteiger partial charge in [0, 0.05) is 24.8 Å². The summed E-state index contributed by atoms with van der Waals surface area (Å²) in [7, 11) is 0. The first-order valence-corrected chi connectivity index (χ1v) is 6.16. The molecule has 0 unspecified atom stereocenters. The van der Waals surface area contributed by atoms with E-state index < -0.39 is 0 Å². The van der Waals surface area contributed by atoms with Crippen LogP contribution in [0.3, 0.4) is 0 Å². The van der Waals surface area contributed by atoms with Gasteiger partial charge in [0.25, 0.3) is 0 Å². The number of hydrogen-bond acceptors (Lipinski definition) is 2. The van der Waals surface area contributed by atoms with Crippen LogP contribution in [0, 0.1) is 0 Å².